The Hall–Kier alpha value is -3.06. The Morgan fingerprint density at radius 3 is 1.93 bits per heavy atom. The normalized spacial score (nSPS) is 12.0. The first-order valence-corrected chi connectivity index (χ1v) is 9.59. The molecular weight excluding hydrogens is 323 g/mol. The molecule has 128 valence electrons. The van der Waals surface area contributed by atoms with Crippen LogP contribution in [0.1, 0.15) is 11.1 Å². The number of benzene rings is 4. The highest BCUT2D eigenvalue weighted by atomic mass is 14.2. The van der Waals surface area contributed by atoms with Crippen LogP contribution in [0.4, 0.5) is 0 Å². The summed E-state index contributed by atoms with van der Waals surface area (Å²) in [5, 5.41) is 0. The van der Waals surface area contributed by atoms with Gasteiger partial charge in [0.2, 0.25) is 6.71 Å². The molecule has 1 heterocycles. The van der Waals surface area contributed by atoms with E-state index in [1.807, 2.05) is 0 Å². The lowest BCUT2D eigenvalue weighted by Gasteiger charge is -2.17. The molecule has 0 fully saturated rings. The monoisotopic (exact) mass is 344 g/mol. The van der Waals surface area contributed by atoms with Gasteiger partial charge < -0.3 is 0 Å². The quantitative estimate of drug-likeness (QED) is 0.415. The molecule has 0 spiro atoms. The lowest BCUT2D eigenvalue weighted by molar-refractivity contribution is 1.42. The smallest absolute Gasteiger partial charge is 0.0686 e. The average molecular weight is 344 g/mol. The molecule has 4 aromatic rings. The van der Waals surface area contributed by atoms with Crippen LogP contribution >= 0.6 is 0 Å². The second-order valence-corrected chi connectivity index (χ2v) is 7.47. The van der Waals surface area contributed by atoms with E-state index in [0.29, 0.717) is 6.71 Å². The SMILES string of the molecule is Cc1ccccc1-c1c(C)ccc2c1-c1ccccc1B2c1ccccc1. The van der Waals surface area contributed by atoms with E-state index >= 15 is 0 Å². The maximum atomic E-state index is 2.34. The molecule has 4 aromatic carbocycles. The number of rotatable bonds is 2. The zero-order valence-electron chi connectivity index (χ0n) is 15.7. The number of aryl methyl sites for hydroxylation is 2. The lowest BCUT2D eigenvalue weighted by Crippen LogP contribution is -2.48. The Labute approximate surface area is 161 Å². The fourth-order valence-corrected chi connectivity index (χ4v) is 4.60. The largest absolute Gasteiger partial charge is 0.242 e. The molecule has 0 aliphatic carbocycles. The molecule has 0 bridgehead atoms. The minimum absolute atomic E-state index is 0.306. The van der Waals surface area contributed by atoms with Crippen molar-refractivity contribution in [3.63, 3.8) is 0 Å². The molecule has 27 heavy (non-hydrogen) atoms. The lowest BCUT2D eigenvalue weighted by atomic mass is 9.39. The van der Waals surface area contributed by atoms with Crippen LogP contribution in [0, 0.1) is 13.8 Å². The molecule has 0 amide bonds. The second kappa shape index (κ2) is 6.28. The Morgan fingerprint density at radius 2 is 1.15 bits per heavy atom. The first kappa shape index (κ1) is 16.1. The Morgan fingerprint density at radius 1 is 0.481 bits per heavy atom. The molecule has 0 radical (unpaired) electrons. The van der Waals surface area contributed by atoms with Gasteiger partial charge in [-0.15, -0.1) is 0 Å². The molecule has 0 nitrogen and oxygen atoms in total. The van der Waals surface area contributed by atoms with Crippen LogP contribution in [-0.2, 0) is 0 Å². The van der Waals surface area contributed by atoms with Crippen molar-refractivity contribution in [2.24, 2.45) is 0 Å². The number of fused-ring (bicyclic) bond motifs is 3. The summed E-state index contributed by atoms with van der Waals surface area (Å²) in [6, 6.07) is 33.2. The predicted molar refractivity (Wildman–Crippen MR) is 118 cm³/mol. The highest BCUT2D eigenvalue weighted by molar-refractivity contribution is 6.99. The second-order valence-electron chi connectivity index (χ2n) is 7.47. The maximum Gasteiger partial charge on any atom is 0.242 e. The average Bonchev–Trinajstić information content (AvgIpc) is 3.04. The van der Waals surface area contributed by atoms with E-state index in [1.54, 1.807) is 0 Å². The van der Waals surface area contributed by atoms with Gasteiger partial charge in [0, 0.05) is 0 Å². The van der Waals surface area contributed by atoms with Gasteiger partial charge in [0.1, 0.15) is 0 Å². The van der Waals surface area contributed by atoms with E-state index in [-0.39, 0.29) is 0 Å². The standard InChI is InChI=1S/C26H21B/c1-18-10-6-7-13-21(18)25-19(2)16-17-24-26(25)22-14-8-9-15-23(22)27(24)20-11-4-3-5-12-20/h3-17H,1-2H3. The third-order valence-electron chi connectivity index (χ3n) is 5.85. The first-order valence-electron chi connectivity index (χ1n) is 9.59. The van der Waals surface area contributed by atoms with E-state index in [1.165, 1.54) is 49.8 Å². The van der Waals surface area contributed by atoms with Gasteiger partial charge in [0.15, 0.2) is 0 Å². The molecule has 0 N–H and O–H groups in total. The molecule has 0 atom stereocenters. The van der Waals surface area contributed by atoms with E-state index in [2.05, 4.69) is 105 Å². The van der Waals surface area contributed by atoms with Gasteiger partial charge in [-0.2, -0.15) is 0 Å². The first-order chi connectivity index (χ1) is 13.3. The van der Waals surface area contributed by atoms with Crippen molar-refractivity contribution in [1.29, 1.82) is 0 Å². The van der Waals surface area contributed by atoms with Crippen molar-refractivity contribution in [3.05, 3.63) is 102 Å². The highest BCUT2D eigenvalue weighted by Crippen LogP contribution is 2.37. The number of hydrogen-bond donors (Lipinski definition) is 0. The summed E-state index contributed by atoms with van der Waals surface area (Å²) in [6.45, 7) is 4.75. The van der Waals surface area contributed by atoms with E-state index < -0.39 is 0 Å². The predicted octanol–water partition coefficient (Wildman–Crippen LogP) is 4.47. The summed E-state index contributed by atoms with van der Waals surface area (Å²) >= 11 is 0. The van der Waals surface area contributed by atoms with Crippen molar-refractivity contribution in [3.8, 4) is 22.3 Å². The van der Waals surface area contributed by atoms with Gasteiger partial charge in [-0.1, -0.05) is 107 Å². The van der Waals surface area contributed by atoms with Crippen LogP contribution in [-0.4, -0.2) is 6.71 Å². The Bertz CT molecular complexity index is 1140. The molecule has 1 aliphatic rings. The molecule has 0 saturated carbocycles. The molecule has 0 aromatic heterocycles. The summed E-state index contributed by atoms with van der Waals surface area (Å²) in [5.41, 5.74) is 12.4. The van der Waals surface area contributed by atoms with E-state index in [4.69, 9.17) is 0 Å². The van der Waals surface area contributed by atoms with Gasteiger partial charge in [-0.05, 0) is 47.2 Å². The van der Waals surface area contributed by atoms with Crippen LogP contribution < -0.4 is 16.4 Å². The van der Waals surface area contributed by atoms with Crippen molar-refractivity contribution in [2.75, 3.05) is 0 Å². The van der Waals surface area contributed by atoms with Crippen LogP contribution in [0.2, 0.25) is 0 Å². The third kappa shape index (κ3) is 2.46. The highest BCUT2D eigenvalue weighted by Gasteiger charge is 2.35. The van der Waals surface area contributed by atoms with Crippen LogP contribution in [0.15, 0.2) is 91.0 Å². The molecular formula is C26H21B. The summed E-state index contributed by atoms with van der Waals surface area (Å²) < 4.78 is 0. The minimum atomic E-state index is 0.306. The van der Waals surface area contributed by atoms with E-state index in [9.17, 15) is 0 Å². The zero-order valence-corrected chi connectivity index (χ0v) is 15.7. The molecule has 1 aliphatic heterocycles. The van der Waals surface area contributed by atoms with Crippen LogP contribution in [0.25, 0.3) is 22.3 Å². The summed E-state index contributed by atoms with van der Waals surface area (Å²) in [6.07, 6.45) is 0. The van der Waals surface area contributed by atoms with Crippen molar-refractivity contribution in [1.82, 2.24) is 0 Å². The van der Waals surface area contributed by atoms with Crippen LogP contribution in [0.5, 0.6) is 0 Å². The van der Waals surface area contributed by atoms with Crippen molar-refractivity contribution >= 4 is 23.1 Å². The summed E-state index contributed by atoms with van der Waals surface area (Å²) in [4.78, 5) is 0. The molecule has 0 saturated heterocycles. The Balaban J connectivity index is 1.86. The maximum absolute atomic E-state index is 2.34. The molecule has 1 heteroatoms. The van der Waals surface area contributed by atoms with Gasteiger partial charge in [-0.3, -0.25) is 0 Å². The fourth-order valence-electron chi connectivity index (χ4n) is 4.60. The van der Waals surface area contributed by atoms with Gasteiger partial charge in [-0.25, -0.2) is 0 Å². The minimum Gasteiger partial charge on any atom is -0.0686 e. The molecule has 5 rings (SSSR count). The van der Waals surface area contributed by atoms with E-state index in [0.717, 1.165) is 0 Å². The summed E-state index contributed by atoms with van der Waals surface area (Å²) in [7, 11) is 0. The van der Waals surface area contributed by atoms with Crippen molar-refractivity contribution < 1.29 is 0 Å². The van der Waals surface area contributed by atoms with Crippen LogP contribution in [0.3, 0.4) is 0 Å². The third-order valence-corrected chi connectivity index (χ3v) is 5.85. The van der Waals surface area contributed by atoms with Gasteiger partial charge in [0.25, 0.3) is 0 Å². The fraction of sp³-hybridized carbons (Fsp3) is 0.0769. The summed E-state index contributed by atoms with van der Waals surface area (Å²) in [5.74, 6) is 0. The van der Waals surface area contributed by atoms with Crippen molar-refractivity contribution in [2.45, 2.75) is 13.8 Å². The molecule has 0 unspecified atom stereocenters. The zero-order chi connectivity index (χ0) is 18.4. The van der Waals surface area contributed by atoms with Gasteiger partial charge >= 0.3 is 0 Å². The van der Waals surface area contributed by atoms with Gasteiger partial charge in [0.05, 0.1) is 0 Å². The topological polar surface area (TPSA) is 0 Å². The number of hydrogen-bond acceptors (Lipinski definition) is 0. The Kier molecular flexibility index (Phi) is 3.76.